The Balaban J connectivity index is 1.74. The molecule has 128 valence electrons. The zero-order valence-electron chi connectivity index (χ0n) is 13.6. The van der Waals surface area contributed by atoms with Crippen LogP contribution >= 0.6 is 0 Å². The van der Waals surface area contributed by atoms with Crippen LogP contribution in [0.4, 0.5) is 11.5 Å². The van der Waals surface area contributed by atoms with E-state index < -0.39 is 5.97 Å². The summed E-state index contributed by atoms with van der Waals surface area (Å²) < 4.78 is 7.36. The van der Waals surface area contributed by atoms with Crippen molar-refractivity contribution < 1.29 is 14.6 Å². The topological polar surface area (TPSA) is 102 Å². The summed E-state index contributed by atoms with van der Waals surface area (Å²) in [5, 5.41) is 16.7. The second-order valence-electron chi connectivity index (χ2n) is 5.88. The molecular weight excluding hydrogens is 322 g/mol. The van der Waals surface area contributed by atoms with Gasteiger partial charge in [-0.2, -0.15) is 5.10 Å². The van der Waals surface area contributed by atoms with Crippen molar-refractivity contribution in [2.24, 2.45) is 0 Å². The minimum absolute atomic E-state index is 0.0685. The smallest absolute Gasteiger partial charge is 0.341 e. The van der Waals surface area contributed by atoms with E-state index in [-0.39, 0.29) is 11.7 Å². The summed E-state index contributed by atoms with van der Waals surface area (Å²) in [6.07, 6.45) is 5.99. The Labute approximate surface area is 143 Å². The van der Waals surface area contributed by atoms with Crippen molar-refractivity contribution in [2.75, 3.05) is 5.32 Å². The highest BCUT2D eigenvalue weighted by Crippen LogP contribution is 2.31. The average molecular weight is 339 g/mol. The van der Waals surface area contributed by atoms with Crippen LogP contribution in [0.2, 0.25) is 0 Å². The van der Waals surface area contributed by atoms with Crippen molar-refractivity contribution in [3.63, 3.8) is 0 Å². The van der Waals surface area contributed by atoms with E-state index in [1.807, 2.05) is 25.1 Å². The number of carboxylic acids is 1. The standard InChI is InChI=1S/C17H17N5O3/c1-2-10-8-14(21-15-12(17(23)24)9-19-22(10)15)20-13-4-3-7-18-16(13)25-11-5-6-11/h3-4,7-9,11H,2,5-6H2,1H3,(H,20,21)(H,23,24). The van der Waals surface area contributed by atoms with Crippen molar-refractivity contribution in [3.05, 3.63) is 41.9 Å². The Morgan fingerprint density at radius 2 is 2.32 bits per heavy atom. The van der Waals surface area contributed by atoms with Gasteiger partial charge >= 0.3 is 5.97 Å². The molecule has 2 N–H and O–H groups in total. The van der Waals surface area contributed by atoms with Crippen molar-refractivity contribution in [3.8, 4) is 5.88 Å². The van der Waals surface area contributed by atoms with Crippen molar-refractivity contribution in [1.82, 2.24) is 19.6 Å². The maximum atomic E-state index is 11.4. The molecule has 8 nitrogen and oxygen atoms in total. The highest BCUT2D eigenvalue weighted by Gasteiger charge is 2.25. The van der Waals surface area contributed by atoms with Gasteiger partial charge < -0.3 is 15.2 Å². The van der Waals surface area contributed by atoms with Crippen LogP contribution in [0.25, 0.3) is 5.65 Å². The van der Waals surface area contributed by atoms with Crippen LogP contribution in [0.5, 0.6) is 5.88 Å². The number of aryl methyl sites for hydroxylation is 1. The van der Waals surface area contributed by atoms with E-state index in [0.29, 0.717) is 29.5 Å². The van der Waals surface area contributed by atoms with Crippen molar-refractivity contribution in [2.45, 2.75) is 32.3 Å². The molecule has 0 bridgehead atoms. The lowest BCUT2D eigenvalue weighted by molar-refractivity contribution is 0.0699. The third-order valence-electron chi connectivity index (χ3n) is 3.97. The third kappa shape index (κ3) is 2.98. The Bertz CT molecular complexity index is 949. The summed E-state index contributed by atoms with van der Waals surface area (Å²) in [6.45, 7) is 1.98. The maximum Gasteiger partial charge on any atom is 0.341 e. The van der Waals surface area contributed by atoms with Gasteiger partial charge in [0.1, 0.15) is 23.2 Å². The van der Waals surface area contributed by atoms with Crippen LogP contribution in [0, 0.1) is 0 Å². The number of carboxylic acid groups (broad SMARTS) is 1. The van der Waals surface area contributed by atoms with E-state index in [0.717, 1.165) is 18.5 Å². The molecule has 0 unspecified atom stereocenters. The summed E-state index contributed by atoms with van der Waals surface area (Å²) in [4.78, 5) is 20.1. The number of hydrogen-bond acceptors (Lipinski definition) is 6. The van der Waals surface area contributed by atoms with Crippen LogP contribution in [-0.4, -0.2) is 36.8 Å². The van der Waals surface area contributed by atoms with Crippen LogP contribution in [0.1, 0.15) is 35.8 Å². The Morgan fingerprint density at radius 1 is 1.48 bits per heavy atom. The molecule has 3 heterocycles. The Hall–Kier alpha value is -3.16. The first-order valence-electron chi connectivity index (χ1n) is 8.15. The summed E-state index contributed by atoms with van der Waals surface area (Å²) in [5.74, 6) is -0.00137. The molecule has 3 aromatic rings. The number of hydrogen-bond donors (Lipinski definition) is 2. The van der Waals surface area contributed by atoms with Crippen LogP contribution < -0.4 is 10.1 Å². The third-order valence-corrected chi connectivity index (χ3v) is 3.97. The largest absolute Gasteiger partial charge is 0.477 e. The van der Waals surface area contributed by atoms with E-state index in [4.69, 9.17) is 4.74 Å². The Kier molecular flexibility index (Phi) is 3.72. The van der Waals surface area contributed by atoms with Gasteiger partial charge in [-0.25, -0.2) is 19.3 Å². The number of carbonyl (C=O) groups is 1. The second kappa shape index (κ2) is 6.04. The molecule has 0 saturated heterocycles. The first-order valence-corrected chi connectivity index (χ1v) is 8.15. The number of fused-ring (bicyclic) bond motifs is 1. The maximum absolute atomic E-state index is 11.4. The highest BCUT2D eigenvalue weighted by molar-refractivity contribution is 5.94. The number of nitrogens with zero attached hydrogens (tertiary/aromatic N) is 4. The molecule has 4 rings (SSSR count). The van der Waals surface area contributed by atoms with Crippen LogP contribution in [0.15, 0.2) is 30.6 Å². The first-order chi connectivity index (χ1) is 12.2. The van der Waals surface area contributed by atoms with Gasteiger partial charge in [0, 0.05) is 18.0 Å². The van der Waals surface area contributed by atoms with Crippen molar-refractivity contribution >= 4 is 23.1 Å². The molecule has 0 aliphatic heterocycles. The minimum Gasteiger partial charge on any atom is -0.477 e. The Morgan fingerprint density at radius 3 is 3.04 bits per heavy atom. The molecule has 1 saturated carbocycles. The molecule has 1 aliphatic rings. The summed E-state index contributed by atoms with van der Waals surface area (Å²) in [6, 6.07) is 5.51. The molecule has 1 aliphatic carbocycles. The van der Waals surface area contributed by atoms with E-state index in [1.54, 1.807) is 10.7 Å². The van der Waals surface area contributed by atoms with E-state index in [9.17, 15) is 9.90 Å². The number of rotatable bonds is 6. The van der Waals surface area contributed by atoms with Gasteiger partial charge in [-0.1, -0.05) is 6.92 Å². The molecule has 0 amide bonds. The highest BCUT2D eigenvalue weighted by atomic mass is 16.5. The fraction of sp³-hybridized carbons (Fsp3) is 0.294. The van der Waals surface area contributed by atoms with Gasteiger partial charge in [-0.3, -0.25) is 0 Å². The van der Waals surface area contributed by atoms with Gasteiger partial charge in [-0.15, -0.1) is 0 Å². The van der Waals surface area contributed by atoms with Gasteiger partial charge in [0.15, 0.2) is 5.65 Å². The molecule has 0 aromatic carbocycles. The summed E-state index contributed by atoms with van der Waals surface area (Å²) in [7, 11) is 0. The van der Waals surface area contributed by atoms with Gasteiger partial charge in [0.05, 0.1) is 6.20 Å². The number of aromatic nitrogens is 4. The molecular formula is C17H17N5O3. The van der Waals surface area contributed by atoms with E-state index in [2.05, 4.69) is 20.4 Å². The second-order valence-corrected chi connectivity index (χ2v) is 5.88. The molecule has 0 atom stereocenters. The normalized spacial score (nSPS) is 13.8. The number of aromatic carboxylic acids is 1. The fourth-order valence-corrected chi connectivity index (χ4v) is 2.55. The average Bonchev–Trinajstić information content (AvgIpc) is 3.31. The predicted octanol–water partition coefficient (Wildman–Crippen LogP) is 2.67. The van der Waals surface area contributed by atoms with Crippen LogP contribution in [-0.2, 0) is 6.42 Å². The molecule has 0 spiro atoms. The minimum atomic E-state index is -1.05. The SMILES string of the molecule is CCc1cc(Nc2cccnc2OC2CC2)nc2c(C(=O)O)cnn12. The fourth-order valence-electron chi connectivity index (χ4n) is 2.55. The monoisotopic (exact) mass is 339 g/mol. The quantitative estimate of drug-likeness (QED) is 0.712. The molecule has 0 radical (unpaired) electrons. The lowest BCUT2D eigenvalue weighted by Gasteiger charge is -2.12. The summed E-state index contributed by atoms with van der Waals surface area (Å²) >= 11 is 0. The predicted molar refractivity (Wildman–Crippen MR) is 90.5 cm³/mol. The molecule has 3 aromatic heterocycles. The number of pyridine rings is 1. The summed E-state index contributed by atoms with van der Waals surface area (Å²) in [5.41, 5.74) is 1.93. The molecule has 8 heteroatoms. The zero-order chi connectivity index (χ0) is 17.4. The van der Waals surface area contributed by atoms with Gasteiger partial charge in [0.2, 0.25) is 5.88 Å². The lowest BCUT2D eigenvalue weighted by Crippen LogP contribution is -2.07. The molecule has 25 heavy (non-hydrogen) atoms. The molecule has 1 fully saturated rings. The van der Waals surface area contributed by atoms with E-state index >= 15 is 0 Å². The van der Waals surface area contributed by atoms with Gasteiger partial charge in [-0.05, 0) is 31.4 Å². The van der Waals surface area contributed by atoms with Gasteiger partial charge in [0.25, 0.3) is 0 Å². The van der Waals surface area contributed by atoms with Crippen LogP contribution in [0.3, 0.4) is 0 Å². The van der Waals surface area contributed by atoms with E-state index in [1.165, 1.54) is 6.20 Å². The van der Waals surface area contributed by atoms with Crippen molar-refractivity contribution in [1.29, 1.82) is 0 Å². The zero-order valence-corrected chi connectivity index (χ0v) is 13.6. The number of ether oxygens (including phenoxy) is 1. The number of nitrogens with one attached hydrogen (secondary N) is 1. The lowest BCUT2D eigenvalue weighted by atomic mass is 10.3. The number of anilines is 2. The first kappa shape index (κ1) is 15.4.